The molecule has 3 atom stereocenters. The lowest BCUT2D eigenvalue weighted by molar-refractivity contribution is -0.138. The molecule has 11 nitrogen and oxygen atoms in total. The van der Waals surface area contributed by atoms with Gasteiger partial charge in [0.15, 0.2) is 0 Å². The Morgan fingerprint density at radius 3 is 1.84 bits per heavy atom. The van der Waals surface area contributed by atoms with Gasteiger partial charge in [-0.25, -0.2) is 0 Å². The highest BCUT2D eigenvalue weighted by Crippen LogP contribution is 2.13. The van der Waals surface area contributed by atoms with Crippen molar-refractivity contribution >= 4 is 35.5 Å². The van der Waals surface area contributed by atoms with E-state index in [1.807, 2.05) is 6.26 Å². The van der Waals surface area contributed by atoms with Gasteiger partial charge >= 0.3 is 5.97 Å². The summed E-state index contributed by atoms with van der Waals surface area (Å²) in [5.41, 5.74) is 7.43. The molecule has 0 fully saturated rings. The number of aliphatic carboxylic acids is 1. The van der Waals surface area contributed by atoms with Crippen molar-refractivity contribution in [2.75, 3.05) is 18.6 Å². The van der Waals surface area contributed by atoms with Crippen molar-refractivity contribution in [1.29, 1.82) is 0 Å². The van der Waals surface area contributed by atoms with E-state index in [0.717, 1.165) is 0 Å². The van der Waals surface area contributed by atoms with Gasteiger partial charge in [0.25, 0.3) is 0 Å². The molecule has 0 aliphatic heterocycles. The number of hydrogen-bond donors (Lipinski definition) is 7. The van der Waals surface area contributed by atoms with Gasteiger partial charge in [-0.2, -0.15) is 11.8 Å². The predicted octanol–water partition coefficient (Wildman–Crippen LogP) is 0.134. The summed E-state index contributed by atoms with van der Waals surface area (Å²) in [7, 11) is 0. The van der Waals surface area contributed by atoms with E-state index in [-0.39, 0.29) is 30.8 Å². The number of carbonyl (C=O) groups excluding carboxylic acids is 3. The summed E-state index contributed by atoms with van der Waals surface area (Å²) in [5.74, 6) is -2.46. The molecule has 0 spiro atoms. The summed E-state index contributed by atoms with van der Waals surface area (Å²) in [4.78, 5) is 49.5. The lowest BCUT2D eigenvalue weighted by Crippen LogP contribution is -2.57. The molecule has 2 aromatic carbocycles. The van der Waals surface area contributed by atoms with Gasteiger partial charge in [-0.05, 0) is 60.2 Å². The quantitative estimate of drug-likeness (QED) is 0.177. The van der Waals surface area contributed by atoms with Gasteiger partial charge < -0.3 is 37.0 Å². The number of carboxylic acid groups (broad SMARTS) is 1. The van der Waals surface area contributed by atoms with Gasteiger partial charge in [-0.1, -0.05) is 24.3 Å². The largest absolute Gasteiger partial charge is 0.508 e. The number of carbonyl (C=O) groups is 4. The topological polar surface area (TPSA) is 191 Å². The molecule has 3 amide bonds. The first-order valence-corrected chi connectivity index (χ1v) is 12.9. The fraction of sp³-hybridized carbons (Fsp3) is 0.360. The lowest BCUT2D eigenvalue weighted by atomic mass is 10.0. The highest BCUT2D eigenvalue weighted by atomic mass is 32.2. The number of phenolic OH excluding ortho intramolecular Hbond substituents is 2. The zero-order valence-corrected chi connectivity index (χ0v) is 21.2. The number of nitrogens with two attached hydrogens (primary N) is 1. The van der Waals surface area contributed by atoms with E-state index in [2.05, 4.69) is 16.0 Å². The number of rotatable bonds is 14. The van der Waals surface area contributed by atoms with E-state index in [4.69, 9.17) is 10.8 Å². The summed E-state index contributed by atoms with van der Waals surface area (Å²) >= 11 is 1.45. The minimum absolute atomic E-state index is 0.0388. The Balaban J connectivity index is 2.17. The van der Waals surface area contributed by atoms with E-state index in [1.165, 1.54) is 36.0 Å². The molecule has 3 unspecified atom stereocenters. The van der Waals surface area contributed by atoms with Gasteiger partial charge in [-0.15, -0.1) is 0 Å². The first-order valence-electron chi connectivity index (χ1n) is 11.5. The van der Waals surface area contributed by atoms with Gasteiger partial charge in [-0.3, -0.25) is 19.2 Å². The van der Waals surface area contributed by atoms with Gasteiger partial charge in [0.05, 0.1) is 6.04 Å². The maximum atomic E-state index is 13.2. The second-order valence-corrected chi connectivity index (χ2v) is 9.35. The number of thioether (sulfide) groups is 1. The standard InChI is InChI=1S/C25H32N4O7S/c1-37-11-10-20(24(35)27-14-22(32)33)28-25(36)21(13-16-4-8-18(31)9-5-16)29-23(34)19(26)12-15-2-6-17(30)7-3-15/h2-9,19-21,30-31H,10-14,26H2,1H3,(H,27,35)(H,28,36)(H,29,34)(H,32,33). The normalized spacial score (nSPS) is 13.1. The van der Waals surface area contributed by atoms with Crippen LogP contribution in [0, 0.1) is 0 Å². The molecule has 0 saturated carbocycles. The summed E-state index contributed by atoms with van der Waals surface area (Å²) in [5, 5.41) is 35.4. The van der Waals surface area contributed by atoms with Crippen LogP contribution in [0.1, 0.15) is 17.5 Å². The predicted molar refractivity (Wildman–Crippen MR) is 139 cm³/mol. The molecule has 0 aromatic heterocycles. The highest BCUT2D eigenvalue weighted by Gasteiger charge is 2.28. The fourth-order valence-corrected chi connectivity index (χ4v) is 3.87. The molecule has 0 heterocycles. The number of aromatic hydroxyl groups is 2. The number of carboxylic acids is 1. The molecular weight excluding hydrogens is 500 g/mol. The molecule has 2 rings (SSSR count). The van der Waals surface area contributed by atoms with Crippen molar-refractivity contribution in [1.82, 2.24) is 16.0 Å². The number of hydrogen-bond acceptors (Lipinski definition) is 8. The first kappa shape index (κ1) is 29.5. The van der Waals surface area contributed by atoms with Gasteiger partial charge in [0.1, 0.15) is 30.1 Å². The maximum absolute atomic E-state index is 13.2. The lowest BCUT2D eigenvalue weighted by Gasteiger charge is -2.24. The van der Waals surface area contributed by atoms with Crippen molar-refractivity contribution in [2.24, 2.45) is 5.73 Å². The average Bonchev–Trinajstić information content (AvgIpc) is 2.86. The maximum Gasteiger partial charge on any atom is 0.322 e. The molecule has 0 radical (unpaired) electrons. The van der Waals surface area contributed by atoms with E-state index >= 15 is 0 Å². The Labute approximate surface area is 218 Å². The monoisotopic (exact) mass is 532 g/mol. The summed E-state index contributed by atoms with van der Waals surface area (Å²) in [6, 6.07) is 9.21. The van der Waals surface area contributed by atoms with Crippen LogP contribution >= 0.6 is 11.8 Å². The van der Waals surface area contributed by atoms with E-state index in [1.54, 1.807) is 24.3 Å². The van der Waals surface area contributed by atoms with Crippen molar-refractivity contribution in [2.45, 2.75) is 37.4 Å². The van der Waals surface area contributed by atoms with Gasteiger partial charge in [0.2, 0.25) is 17.7 Å². The van der Waals surface area contributed by atoms with Gasteiger partial charge in [0, 0.05) is 6.42 Å². The van der Waals surface area contributed by atoms with Crippen LogP contribution in [-0.4, -0.2) is 75.7 Å². The van der Waals surface area contributed by atoms with Crippen LogP contribution in [0.3, 0.4) is 0 Å². The minimum Gasteiger partial charge on any atom is -0.508 e. The molecule has 37 heavy (non-hydrogen) atoms. The van der Waals surface area contributed by atoms with E-state index in [0.29, 0.717) is 16.9 Å². The fourth-order valence-electron chi connectivity index (χ4n) is 3.40. The SMILES string of the molecule is CSCCC(NC(=O)C(Cc1ccc(O)cc1)NC(=O)C(N)Cc1ccc(O)cc1)C(=O)NCC(=O)O. The highest BCUT2D eigenvalue weighted by molar-refractivity contribution is 7.98. The van der Waals surface area contributed by atoms with Crippen LogP contribution in [0.15, 0.2) is 48.5 Å². The Morgan fingerprint density at radius 2 is 1.32 bits per heavy atom. The smallest absolute Gasteiger partial charge is 0.322 e. The third kappa shape index (κ3) is 10.4. The van der Waals surface area contributed by atoms with Crippen molar-refractivity contribution < 1.29 is 34.5 Å². The summed E-state index contributed by atoms with van der Waals surface area (Å²) in [6.45, 7) is -0.593. The van der Waals surface area contributed by atoms with Crippen molar-refractivity contribution in [3.8, 4) is 11.5 Å². The Kier molecular flexibility index (Phi) is 11.7. The molecule has 8 N–H and O–H groups in total. The second kappa shape index (κ2) is 14.7. The molecule has 12 heteroatoms. The third-order valence-electron chi connectivity index (χ3n) is 5.40. The summed E-state index contributed by atoms with van der Waals surface area (Å²) < 4.78 is 0. The van der Waals surface area contributed by atoms with Crippen LogP contribution < -0.4 is 21.7 Å². The van der Waals surface area contributed by atoms with E-state index < -0.39 is 48.4 Å². The van der Waals surface area contributed by atoms with Crippen LogP contribution in [0.2, 0.25) is 0 Å². The average molecular weight is 533 g/mol. The summed E-state index contributed by atoms with van der Waals surface area (Å²) in [6.07, 6.45) is 2.29. The van der Waals surface area contributed by atoms with E-state index in [9.17, 15) is 29.4 Å². The van der Waals surface area contributed by atoms with Crippen molar-refractivity contribution in [3.63, 3.8) is 0 Å². The molecule has 0 aliphatic carbocycles. The number of nitrogens with one attached hydrogen (secondary N) is 3. The van der Waals surface area contributed by atoms with Crippen LogP contribution in [-0.2, 0) is 32.0 Å². The third-order valence-corrected chi connectivity index (χ3v) is 6.04. The zero-order chi connectivity index (χ0) is 27.4. The minimum atomic E-state index is -1.22. The second-order valence-electron chi connectivity index (χ2n) is 8.36. The Hall–Kier alpha value is -3.77. The first-order chi connectivity index (χ1) is 17.6. The number of benzene rings is 2. The number of amides is 3. The molecule has 2 aromatic rings. The molecular formula is C25H32N4O7S. The molecule has 0 saturated heterocycles. The van der Waals surface area contributed by atoms with Crippen LogP contribution in [0.4, 0.5) is 0 Å². The molecule has 200 valence electrons. The molecule has 0 aliphatic rings. The van der Waals surface area contributed by atoms with Crippen LogP contribution in [0.25, 0.3) is 0 Å². The Morgan fingerprint density at radius 1 is 0.811 bits per heavy atom. The van der Waals surface area contributed by atoms with Crippen LogP contribution in [0.5, 0.6) is 11.5 Å². The number of phenols is 2. The molecule has 0 bridgehead atoms. The Bertz CT molecular complexity index is 1060. The zero-order valence-electron chi connectivity index (χ0n) is 20.3. The van der Waals surface area contributed by atoms with Crippen molar-refractivity contribution in [3.05, 3.63) is 59.7 Å².